The third kappa shape index (κ3) is 5.61. The predicted octanol–water partition coefficient (Wildman–Crippen LogP) is 4.26. The minimum atomic E-state index is 0. The van der Waals surface area contributed by atoms with Crippen LogP contribution in [-0.2, 0) is 6.54 Å². The van der Waals surface area contributed by atoms with Crippen molar-refractivity contribution in [2.45, 2.75) is 6.54 Å². The molecule has 2 N–H and O–H groups in total. The molecule has 3 rings (SSSR count). The number of ether oxygens (including phenoxy) is 1. The number of hydrogen-bond acceptors (Lipinski definition) is 3. The Hall–Kier alpha value is -1.80. The highest BCUT2D eigenvalue weighted by molar-refractivity contribution is 14.0. The highest BCUT2D eigenvalue weighted by Crippen LogP contribution is 2.24. The molecule has 25 heavy (non-hydrogen) atoms. The summed E-state index contributed by atoms with van der Waals surface area (Å²) in [5.41, 5.74) is 0. The summed E-state index contributed by atoms with van der Waals surface area (Å²) >= 11 is 1.73. The molecule has 0 aliphatic heterocycles. The second-order valence-corrected chi connectivity index (χ2v) is 6.29. The van der Waals surface area contributed by atoms with Crippen molar-refractivity contribution in [3.8, 4) is 5.75 Å². The third-order valence-electron chi connectivity index (χ3n) is 3.64. The molecule has 0 aliphatic rings. The number of guanidine groups is 1. The van der Waals surface area contributed by atoms with Gasteiger partial charge in [0.05, 0.1) is 13.1 Å². The number of halogens is 1. The van der Waals surface area contributed by atoms with Gasteiger partial charge in [0, 0.05) is 17.3 Å². The Labute approximate surface area is 169 Å². The molecule has 0 unspecified atom stereocenters. The van der Waals surface area contributed by atoms with Crippen LogP contribution >= 0.6 is 35.3 Å². The zero-order valence-electron chi connectivity index (χ0n) is 14.1. The van der Waals surface area contributed by atoms with Crippen molar-refractivity contribution in [2.75, 3.05) is 20.2 Å². The fourth-order valence-corrected chi connectivity index (χ4v) is 3.10. The average molecular weight is 467 g/mol. The minimum Gasteiger partial charge on any atom is -0.491 e. The van der Waals surface area contributed by atoms with Crippen LogP contribution < -0.4 is 15.4 Å². The first-order valence-electron chi connectivity index (χ1n) is 7.94. The number of thiophene rings is 1. The monoisotopic (exact) mass is 467 g/mol. The van der Waals surface area contributed by atoms with Crippen LogP contribution in [0.1, 0.15) is 4.88 Å². The van der Waals surface area contributed by atoms with Crippen molar-refractivity contribution < 1.29 is 4.74 Å². The molecule has 4 nitrogen and oxygen atoms in total. The molecule has 0 amide bonds. The topological polar surface area (TPSA) is 45.7 Å². The number of benzene rings is 2. The summed E-state index contributed by atoms with van der Waals surface area (Å²) in [5, 5.41) is 11.0. The van der Waals surface area contributed by atoms with E-state index in [9.17, 15) is 0 Å². The lowest BCUT2D eigenvalue weighted by atomic mass is 10.1. The Morgan fingerprint density at radius 2 is 1.88 bits per heavy atom. The fraction of sp³-hybridized carbons (Fsp3) is 0.211. The maximum absolute atomic E-state index is 5.92. The number of nitrogens with one attached hydrogen (secondary N) is 2. The van der Waals surface area contributed by atoms with E-state index in [-0.39, 0.29) is 24.0 Å². The lowest BCUT2D eigenvalue weighted by Gasteiger charge is -2.13. The molecule has 1 aromatic heterocycles. The molecule has 132 valence electrons. The summed E-state index contributed by atoms with van der Waals surface area (Å²) in [6.45, 7) is 2.04. The summed E-state index contributed by atoms with van der Waals surface area (Å²) in [4.78, 5) is 5.51. The van der Waals surface area contributed by atoms with E-state index in [1.165, 1.54) is 10.3 Å². The van der Waals surface area contributed by atoms with Gasteiger partial charge >= 0.3 is 0 Å². The van der Waals surface area contributed by atoms with E-state index < -0.39 is 0 Å². The van der Waals surface area contributed by atoms with Crippen LogP contribution in [0.4, 0.5) is 0 Å². The van der Waals surface area contributed by atoms with E-state index in [0.29, 0.717) is 13.2 Å². The van der Waals surface area contributed by atoms with Gasteiger partial charge < -0.3 is 15.4 Å². The van der Waals surface area contributed by atoms with Crippen molar-refractivity contribution in [2.24, 2.45) is 4.99 Å². The largest absolute Gasteiger partial charge is 0.491 e. The highest BCUT2D eigenvalue weighted by Gasteiger charge is 2.02. The van der Waals surface area contributed by atoms with Gasteiger partial charge in [0.15, 0.2) is 5.96 Å². The summed E-state index contributed by atoms with van der Waals surface area (Å²) in [6, 6.07) is 18.5. The molecule has 3 aromatic rings. The molecule has 0 saturated carbocycles. The molecule has 0 bridgehead atoms. The van der Waals surface area contributed by atoms with Gasteiger partial charge in [0.1, 0.15) is 12.4 Å². The first-order valence-corrected chi connectivity index (χ1v) is 8.82. The van der Waals surface area contributed by atoms with E-state index in [4.69, 9.17) is 4.74 Å². The number of fused-ring (bicyclic) bond motifs is 1. The molecule has 2 aromatic carbocycles. The van der Waals surface area contributed by atoms with Crippen molar-refractivity contribution >= 4 is 52.0 Å². The van der Waals surface area contributed by atoms with Crippen LogP contribution in [0.25, 0.3) is 10.8 Å². The van der Waals surface area contributed by atoms with Crippen LogP contribution in [0.5, 0.6) is 5.75 Å². The van der Waals surface area contributed by atoms with Crippen molar-refractivity contribution in [3.05, 3.63) is 64.9 Å². The van der Waals surface area contributed by atoms with E-state index in [2.05, 4.69) is 51.3 Å². The van der Waals surface area contributed by atoms with Crippen LogP contribution in [-0.4, -0.2) is 26.2 Å². The Balaban J connectivity index is 0.00000225. The summed E-state index contributed by atoms with van der Waals surface area (Å²) in [5.74, 6) is 1.70. The fourth-order valence-electron chi connectivity index (χ4n) is 2.46. The standard InChI is InChI=1S/C19H21N3OS.HI/c1-20-19(22-14-16-8-5-13-24-16)21-11-12-23-18-10-4-7-15-6-2-3-9-17(15)18;/h2-10,13H,11-12,14H2,1H3,(H2,20,21,22);1H. The second kappa shape index (κ2) is 10.2. The molecule has 0 saturated heterocycles. The van der Waals surface area contributed by atoms with Crippen molar-refractivity contribution in [3.63, 3.8) is 0 Å². The smallest absolute Gasteiger partial charge is 0.191 e. The van der Waals surface area contributed by atoms with Gasteiger partial charge in [-0.25, -0.2) is 0 Å². The Kier molecular flexibility index (Phi) is 8.00. The number of nitrogens with zero attached hydrogens (tertiary/aromatic N) is 1. The quantitative estimate of drug-likeness (QED) is 0.247. The van der Waals surface area contributed by atoms with Crippen molar-refractivity contribution in [1.82, 2.24) is 10.6 Å². The van der Waals surface area contributed by atoms with Gasteiger partial charge in [0.25, 0.3) is 0 Å². The lowest BCUT2D eigenvalue weighted by molar-refractivity contribution is 0.325. The number of aliphatic imine (C=N–C) groups is 1. The first kappa shape index (κ1) is 19.5. The summed E-state index contributed by atoms with van der Waals surface area (Å²) < 4.78 is 5.92. The Morgan fingerprint density at radius 3 is 2.68 bits per heavy atom. The predicted molar refractivity (Wildman–Crippen MR) is 117 cm³/mol. The molecule has 0 atom stereocenters. The van der Waals surface area contributed by atoms with Crippen molar-refractivity contribution in [1.29, 1.82) is 0 Å². The van der Waals surface area contributed by atoms with Gasteiger partial charge in [-0.05, 0) is 22.9 Å². The normalized spacial score (nSPS) is 11.0. The lowest BCUT2D eigenvalue weighted by Crippen LogP contribution is -2.38. The van der Waals surface area contributed by atoms with E-state index in [1.54, 1.807) is 18.4 Å². The molecule has 1 heterocycles. The molecule has 0 spiro atoms. The maximum Gasteiger partial charge on any atom is 0.191 e. The van der Waals surface area contributed by atoms with Crippen LogP contribution in [0.3, 0.4) is 0 Å². The Bertz CT molecular complexity index is 800. The molecule has 0 fully saturated rings. The molecular weight excluding hydrogens is 445 g/mol. The third-order valence-corrected chi connectivity index (χ3v) is 4.51. The van der Waals surface area contributed by atoms with Gasteiger partial charge in [-0.3, -0.25) is 4.99 Å². The van der Waals surface area contributed by atoms with Gasteiger partial charge in [-0.1, -0.05) is 42.5 Å². The molecule has 0 radical (unpaired) electrons. The average Bonchev–Trinajstić information content (AvgIpc) is 3.15. The van der Waals surface area contributed by atoms with E-state index in [1.807, 2.05) is 24.3 Å². The minimum absolute atomic E-state index is 0. The van der Waals surface area contributed by atoms with Crippen LogP contribution in [0, 0.1) is 0 Å². The van der Waals surface area contributed by atoms with Crippen LogP contribution in [0.2, 0.25) is 0 Å². The number of hydrogen-bond donors (Lipinski definition) is 2. The zero-order valence-corrected chi connectivity index (χ0v) is 17.2. The molecule has 0 aliphatic carbocycles. The highest BCUT2D eigenvalue weighted by atomic mass is 127. The summed E-state index contributed by atoms with van der Waals surface area (Å²) in [6.07, 6.45) is 0. The summed E-state index contributed by atoms with van der Waals surface area (Å²) in [7, 11) is 1.77. The van der Waals surface area contributed by atoms with E-state index >= 15 is 0 Å². The van der Waals surface area contributed by atoms with Gasteiger partial charge in [-0.2, -0.15) is 0 Å². The van der Waals surface area contributed by atoms with Gasteiger partial charge in [-0.15, -0.1) is 35.3 Å². The van der Waals surface area contributed by atoms with E-state index in [0.717, 1.165) is 23.6 Å². The molecule has 6 heteroatoms. The second-order valence-electron chi connectivity index (χ2n) is 5.26. The molecular formula is C19H22IN3OS. The SMILES string of the molecule is CN=C(NCCOc1cccc2ccccc12)NCc1cccs1.I. The van der Waals surface area contributed by atoms with Gasteiger partial charge in [0.2, 0.25) is 0 Å². The number of rotatable bonds is 6. The van der Waals surface area contributed by atoms with Crippen LogP contribution in [0.15, 0.2) is 65.0 Å². The zero-order chi connectivity index (χ0) is 16.6. The maximum atomic E-state index is 5.92. The Morgan fingerprint density at radius 1 is 1.04 bits per heavy atom. The first-order chi connectivity index (χ1) is 11.9.